The Morgan fingerprint density at radius 2 is 1.56 bits per heavy atom. The molecule has 132 valence electrons. The number of rotatable bonds is 6. The molecule has 2 aromatic carbocycles. The second kappa shape index (κ2) is 7.97. The number of hydrogen-bond donors (Lipinski definition) is 2. The van der Waals surface area contributed by atoms with Crippen molar-refractivity contribution in [3.8, 4) is 0 Å². The van der Waals surface area contributed by atoms with Gasteiger partial charge in [-0.05, 0) is 50.5 Å². The van der Waals surface area contributed by atoms with Crippen molar-refractivity contribution in [3.63, 3.8) is 0 Å². The topological polar surface area (TPSA) is 58.2 Å². The molecule has 2 aromatic rings. The molecule has 4 nitrogen and oxygen atoms in total. The minimum absolute atomic E-state index is 0.162. The minimum atomic E-state index is -1.17. The molecule has 0 aliphatic carbocycles. The molecule has 25 heavy (non-hydrogen) atoms. The lowest BCUT2D eigenvalue weighted by atomic mass is 9.90. The van der Waals surface area contributed by atoms with E-state index in [0.717, 1.165) is 12.0 Å². The third-order valence-electron chi connectivity index (χ3n) is 4.40. The predicted molar refractivity (Wildman–Crippen MR) is 101 cm³/mol. The van der Waals surface area contributed by atoms with Crippen LogP contribution in [0.1, 0.15) is 44.9 Å². The van der Waals surface area contributed by atoms with Gasteiger partial charge < -0.3 is 10.6 Å². The SMILES string of the molecule is CCc1ccc(NC(=O)C(C)(C)C(=O)NC(C)c2ccccc2)cc1. The molecule has 0 aliphatic heterocycles. The number of nitrogens with one attached hydrogen (secondary N) is 2. The van der Waals surface area contributed by atoms with E-state index in [1.54, 1.807) is 13.8 Å². The Morgan fingerprint density at radius 1 is 0.960 bits per heavy atom. The summed E-state index contributed by atoms with van der Waals surface area (Å²) < 4.78 is 0. The molecular formula is C21H26N2O2. The van der Waals surface area contributed by atoms with Gasteiger partial charge in [0.1, 0.15) is 5.41 Å². The predicted octanol–water partition coefficient (Wildman–Crippen LogP) is 4.09. The van der Waals surface area contributed by atoms with Crippen LogP contribution >= 0.6 is 0 Å². The van der Waals surface area contributed by atoms with Crippen LogP contribution in [-0.2, 0) is 16.0 Å². The number of carbonyl (C=O) groups is 2. The van der Waals surface area contributed by atoms with Crippen LogP contribution in [0.25, 0.3) is 0 Å². The summed E-state index contributed by atoms with van der Waals surface area (Å²) in [5.41, 5.74) is 1.72. The fourth-order valence-electron chi connectivity index (χ4n) is 2.42. The van der Waals surface area contributed by atoms with Crippen LogP contribution in [0.4, 0.5) is 5.69 Å². The summed E-state index contributed by atoms with van der Waals surface area (Å²) in [6.45, 7) is 7.26. The first-order valence-corrected chi connectivity index (χ1v) is 8.61. The maximum atomic E-state index is 12.6. The van der Waals surface area contributed by atoms with Gasteiger partial charge in [0.2, 0.25) is 11.8 Å². The smallest absolute Gasteiger partial charge is 0.239 e. The van der Waals surface area contributed by atoms with Crippen molar-refractivity contribution in [1.29, 1.82) is 0 Å². The van der Waals surface area contributed by atoms with E-state index in [9.17, 15) is 9.59 Å². The van der Waals surface area contributed by atoms with Crippen molar-refractivity contribution in [2.45, 2.75) is 40.2 Å². The largest absolute Gasteiger partial charge is 0.349 e. The lowest BCUT2D eigenvalue weighted by Crippen LogP contribution is -2.45. The molecule has 1 atom stereocenters. The Morgan fingerprint density at radius 3 is 2.12 bits per heavy atom. The molecule has 0 heterocycles. The Hall–Kier alpha value is -2.62. The van der Waals surface area contributed by atoms with E-state index in [-0.39, 0.29) is 17.9 Å². The van der Waals surface area contributed by atoms with Crippen molar-refractivity contribution in [1.82, 2.24) is 5.32 Å². The molecule has 0 spiro atoms. The van der Waals surface area contributed by atoms with Crippen LogP contribution in [-0.4, -0.2) is 11.8 Å². The van der Waals surface area contributed by atoms with Crippen LogP contribution in [0.2, 0.25) is 0 Å². The molecule has 2 amide bonds. The highest BCUT2D eigenvalue weighted by molar-refractivity contribution is 6.09. The summed E-state index contributed by atoms with van der Waals surface area (Å²) in [6.07, 6.45) is 0.944. The van der Waals surface area contributed by atoms with Crippen molar-refractivity contribution in [2.24, 2.45) is 5.41 Å². The second-order valence-corrected chi connectivity index (χ2v) is 6.74. The number of hydrogen-bond acceptors (Lipinski definition) is 2. The molecule has 0 aliphatic rings. The first-order chi connectivity index (χ1) is 11.8. The Balaban J connectivity index is 2.02. The molecule has 0 radical (unpaired) electrons. The van der Waals surface area contributed by atoms with Gasteiger partial charge in [-0.3, -0.25) is 9.59 Å². The summed E-state index contributed by atoms with van der Waals surface area (Å²) in [6, 6.07) is 17.2. The molecular weight excluding hydrogens is 312 g/mol. The van der Waals surface area contributed by atoms with Gasteiger partial charge in [-0.2, -0.15) is 0 Å². The molecule has 0 aromatic heterocycles. The van der Waals surface area contributed by atoms with Gasteiger partial charge in [0, 0.05) is 5.69 Å². The Kier molecular flexibility index (Phi) is 5.97. The van der Waals surface area contributed by atoms with Gasteiger partial charge in [-0.1, -0.05) is 49.4 Å². The first-order valence-electron chi connectivity index (χ1n) is 8.61. The zero-order valence-electron chi connectivity index (χ0n) is 15.3. The number of anilines is 1. The average molecular weight is 338 g/mol. The monoisotopic (exact) mass is 338 g/mol. The summed E-state index contributed by atoms with van der Waals surface area (Å²) in [4.78, 5) is 25.2. The van der Waals surface area contributed by atoms with E-state index in [1.807, 2.05) is 61.5 Å². The van der Waals surface area contributed by atoms with Crippen LogP contribution in [0.5, 0.6) is 0 Å². The first kappa shape index (κ1) is 18.7. The minimum Gasteiger partial charge on any atom is -0.349 e. The van der Waals surface area contributed by atoms with E-state index in [2.05, 4.69) is 17.6 Å². The lowest BCUT2D eigenvalue weighted by molar-refractivity contribution is -0.138. The molecule has 1 unspecified atom stereocenters. The standard InChI is InChI=1S/C21H26N2O2/c1-5-16-11-13-18(14-12-16)23-20(25)21(3,4)19(24)22-15(2)17-9-7-6-8-10-17/h6-15H,5H2,1-4H3,(H,22,24)(H,23,25). The fraction of sp³-hybridized carbons (Fsp3) is 0.333. The number of benzene rings is 2. The summed E-state index contributed by atoms with van der Waals surface area (Å²) in [5, 5.41) is 5.75. The van der Waals surface area contributed by atoms with E-state index in [1.165, 1.54) is 5.56 Å². The second-order valence-electron chi connectivity index (χ2n) is 6.74. The third kappa shape index (κ3) is 4.69. The Bertz CT molecular complexity index is 721. The fourth-order valence-corrected chi connectivity index (χ4v) is 2.42. The summed E-state index contributed by atoms with van der Waals surface area (Å²) >= 11 is 0. The average Bonchev–Trinajstić information content (AvgIpc) is 2.62. The molecule has 4 heteroatoms. The number of carbonyl (C=O) groups excluding carboxylic acids is 2. The number of aryl methyl sites for hydroxylation is 1. The summed E-state index contributed by atoms with van der Waals surface area (Å²) in [7, 11) is 0. The maximum Gasteiger partial charge on any atom is 0.239 e. The maximum absolute atomic E-state index is 12.6. The highest BCUT2D eigenvalue weighted by Gasteiger charge is 2.36. The van der Waals surface area contributed by atoms with Gasteiger partial charge in [0.05, 0.1) is 6.04 Å². The quantitative estimate of drug-likeness (QED) is 0.779. The molecule has 0 fully saturated rings. The van der Waals surface area contributed by atoms with Gasteiger partial charge in [0.25, 0.3) is 0 Å². The zero-order chi connectivity index (χ0) is 18.4. The van der Waals surface area contributed by atoms with Crippen LogP contribution < -0.4 is 10.6 Å². The van der Waals surface area contributed by atoms with Gasteiger partial charge in [-0.25, -0.2) is 0 Å². The van der Waals surface area contributed by atoms with Crippen molar-refractivity contribution < 1.29 is 9.59 Å². The van der Waals surface area contributed by atoms with E-state index >= 15 is 0 Å². The molecule has 2 N–H and O–H groups in total. The zero-order valence-corrected chi connectivity index (χ0v) is 15.3. The highest BCUT2D eigenvalue weighted by atomic mass is 16.2. The van der Waals surface area contributed by atoms with E-state index in [0.29, 0.717) is 5.69 Å². The molecule has 2 rings (SSSR count). The lowest BCUT2D eigenvalue weighted by Gasteiger charge is -2.25. The van der Waals surface area contributed by atoms with Crippen molar-refractivity contribution in [3.05, 3.63) is 65.7 Å². The highest BCUT2D eigenvalue weighted by Crippen LogP contribution is 2.22. The van der Waals surface area contributed by atoms with Crippen LogP contribution in [0.3, 0.4) is 0 Å². The van der Waals surface area contributed by atoms with Crippen LogP contribution in [0, 0.1) is 5.41 Å². The third-order valence-corrected chi connectivity index (χ3v) is 4.40. The van der Waals surface area contributed by atoms with E-state index < -0.39 is 5.41 Å². The normalized spacial score (nSPS) is 12.3. The van der Waals surface area contributed by atoms with Crippen LogP contribution in [0.15, 0.2) is 54.6 Å². The Labute approximate surface area is 149 Å². The molecule has 0 bridgehead atoms. The summed E-state index contributed by atoms with van der Waals surface area (Å²) in [5.74, 6) is -0.624. The van der Waals surface area contributed by atoms with Gasteiger partial charge in [-0.15, -0.1) is 0 Å². The van der Waals surface area contributed by atoms with Crippen molar-refractivity contribution in [2.75, 3.05) is 5.32 Å². The molecule has 0 saturated carbocycles. The van der Waals surface area contributed by atoms with Gasteiger partial charge in [0.15, 0.2) is 0 Å². The van der Waals surface area contributed by atoms with E-state index in [4.69, 9.17) is 0 Å². The number of amides is 2. The van der Waals surface area contributed by atoms with Gasteiger partial charge >= 0.3 is 0 Å². The molecule has 0 saturated heterocycles. The van der Waals surface area contributed by atoms with Crippen molar-refractivity contribution >= 4 is 17.5 Å².